The van der Waals surface area contributed by atoms with Gasteiger partial charge in [0.25, 0.3) is 0 Å². The first-order valence-electron chi connectivity index (χ1n) is 5.42. The number of hydrogen-bond acceptors (Lipinski definition) is 3. The number of carboxylic acids is 2. The minimum absolute atomic E-state index is 0.236. The van der Waals surface area contributed by atoms with Crippen LogP contribution < -0.4 is 5.32 Å². The Labute approximate surface area is 105 Å². The van der Waals surface area contributed by atoms with Crippen molar-refractivity contribution in [3.05, 3.63) is 42.0 Å². The Balaban J connectivity index is 2.67. The number of rotatable bonds is 7. The van der Waals surface area contributed by atoms with Gasteiger partial charge in [0, 0.05) is 0 Å². The van der Waals surface area contributed by atoms with E-state index in [0.717, 1.165) is 11.1 Å². The second-order valence-electron chi connectivity index (χ2n) is 3.82. The molecule has 0 heterocycles. The van der Waals surface area contributed by atoms with Crippen LogP contribution in [0.3, 0.4) is 0 Å². The van der Waals surface area contributed by atoms with Crippen LogP contribution in [0.2, 0.25) is 0 Å². The summed E-state index contributed by atoms with van der Waals surface area (Å²) in [6.07, 6.45) is 1.93. The summed E-state index contributed by atoms with van der Waals surface area (Å²) < 4.78 is 0. The second-order valence-corrected chi connectivity index (χ2v) is 3.82. The van der Waals surface area contributed by atoms with Gasteiger partial charge in [0.15, 0.2) is 0 Å². The summed E-state index contributed by atoms with van der Waals surface area (Å²) >= 11 is 0. The van der Waals surface area contributed by atoms with Gasteiger partial charge in [0.05, 0.1) is 6.54 Å². The predicted octanol–water partition coefficient (Wildman–Crippen LogP) is 0.999. The maximum Gasteiger partial charge on any atom is 0.321 e. The van der Waals surface area contributed by atoms with Crippen molar-refractivity contribution in [3.8, 4) is 0 Å². The molecule has 1 rings (SSSR count). The van der Waals surface area contributed by atoms with Crippen molar-refractivity contribution < 1.29 is 19.8 Å². The fourth-order valence-electron chi connectivity index (χ4n) is 1.48. The quantitative estimate of drug-likeness (QED) is 0.671. The van der Waals surface area contributed by atoms with Crippen LogP contribution in [-0.4, -0.2) is 34.7 Å². The number of aliphatic carboxylic acids is 2. The van der Waals surface area contributed by atoms with E-state index in [9.17, 15) is 9.59 Å². The van der Waals surface area contributed by atoms with E-state index in [-0.39, 0.29) is 13.0 Å². The van der Waals surface area contributed by atoms with Gasteiger partial charge < -0.3 is 10.2 Å². The molecule has 1 atom stereocenters. The first-order valence-corrected chi connectivity index (χ1v) is 5.42. The van der Waals surface area contributed by atoms with Crippen LogP contribution in [0.1, 0.15) is 11.1 Å². The molecule has 0 aliphatic rings. The Hall–Kier alpha value is -2.14. The molecule has 0 bridgehead atoms. The van der Waals surface area contributed by atoms with Crippen molar-refractivity contribution in [2.24, 2.45) is 0 Å². The third-order valence-electron chi connectivity index (χ3n) is 2.45. The van der Waals surface area contributed by atoms with Gasteiger partial charge in [-0.2, -0.15) is 0 Å². The Kier molecular flexibility index (Phi) is 5.07. The molecule has 0 aromatic heterocycles. The van der Waals surface area contributed by atoms with Gasteiger partial charge in [-0.1, -0.05) is 36.9 Å². The first-order chi connectivity index (χ1) is 8.52. The lowest BCUT2D eigenvalue weighted by atomic mass is 10.0. The van der Waals surface area contributed by atoms with Crippen LogP contribution in [0.25, 0.3) is 6.08 Å². The summed E-state index contributed by atoms with van der Waals surface area (Å²) in [6, 6.07) is 6.36. The fraction of sp³-hybridized carbons (Fsp3) is 0.231. The number of hydrogen-bond donors (Lipinski definition) is 3. The standard InChI is InChI=1S/C13H15NO4/c1-2-9-3-5-10(6-4-9)7-11(13(17)18)14-8-12(15)16/h2-6,11,14H,1,7-8H2,(H,15,16)(H,17,18). The van der Waals surface area contributed by atoms with Gasteiger partial charge in [0.2, 0.25) is 0 Å². The molecule has 0 aliphatic heterocycles. The average Bonchev–Trinajstić information content (AvgIpc) is 2.34. The van der Waals surface area contributed by atoms with Crippen molar-refractivity contribution in [1.82, 2.24) is 5.32 Å². The van der Waals surface area contributed by atoms with E-state index in [1.54, 1.807) is 18.2 Å². The molecular weight excluding hydrogens is 234 g/mol. The molecule has 5 nitrogen and oxygen atoms in total. The average molecular weight is 249 g/mol. The van der Waals surface area contributed by atoms with E-state index in [4.69, 9.17) is 10.2 Å². The van der Waals surface area contributed by atoms with Gasteiger partial charge in [0.1, 0.15) is 6.04 Å². The summed E-state index contributed by atoms with van der Waals surface area (Å²) in [7, 11) is 0. The molecule has 1 aromatic carbocycles. The topological polar surface area (TPSA) is 86.6 Å². The summed E-state index contributed by atoms with van der Waals surface area (Å²) in [5.74, 6) is -2.15. The number of carboxylic acid groups (broad SMARTS) is 2. The molecule has 1 unspecified atom stereocenters. The van der Waals surface area contributed by atoms with Crippen molar-refractivity contribution in [3.63, 3.8) is 0 Å². The zero-order valence-corrected chi connectivity index (χ0v) is 9.80. The molecule has 18 heavy (non-hydrogen) atoms. The maximum absolute atomic E-state index is 11.0. The summed E-state index contributed by atoms with van der Waals surface area (Å²) in [6.45, 7) is 3.25. The lowest BCUT2D eigenvalue weighted by Crippen LogP contribution is -2.41. The molecule has 0 fully saturated rings. The smallest absolute Gasteiger partial charge is 0.321 e. The van der Waals surface area contributed by atoms with E-state index in [0.29, 0.717) is 0 Å². The van der Waals surface area contributed by atoms with Crippen molar-refractivity contribution in [1.29, 1.82) is 0 Å². The second kappa shape index (κ2) is 6.56. The van der Waals surface area contributed by atoms with Crippen LogP contribution in [-0.2, 0) is 16.0 Å². The lowest BCUT2D eigenvalue weighted by molar-refractivity contribution is -0.140. The van der Waals surface area contributed by atoms with Crippen molar-refractivity contribution >= 4 is 18.0 Å². The maximum atomic E-state index is 11.0. The summed E-state index contributed by atoms with van der Waals surface area (Å²) in [5, 5.41) is 20.0. The Morgan fingerprint density at radius 3 is 2.33 bits per heavy atom. The van der Waals surface area contributed by atoms with Gasteiger partial charge in [-0.3, -0.25) is 14.9 Å². The van der Waals surface area contributed by atoms with Crippen molar-refractivity contribution in [2.75, 3.05) is 6.54 Å². The zero-order valence-electron chi connectivity index (χ0n) is 9.80. The summed E-state index contributed by atoms with van der Waals surface area (Å²) in [4.78, 5) is 21.4. The van der Waals surface area contributed by atoms with Crippen molar-refractivity contribution in [2.45, 2.75) is 12.5 Å². The highest BCUT2D eigenvalue weighted by Gasteiger charge is 2.18. The molecule has 3 N–H and O–H groups in total. The molecular formula is C13H15NO4. The Morgan fingerprint density at radius 1 is 1.28 bits per heavy atom. The largest absolute Gasteiger partial charge is 0.480 e. The first kappa shape index (κ1) is 13.9. The number of nitrogens with one attached hydrogen (secondary N) is 1. The highest BCUT2D eigenvalue weighted by molar-refractivity contribution is 5.75. The normalized spacial score (nSPS) is 11.8. The minimum Gasteiger partial charge on any atom is -0.480 e. The van der Waals surface area contributed by atoms with Gasteiger partial charge in [-0.25, -0.2) is 0 Å². The number of carbonyl (C=O) groups is 2. The SMILES string of the molecule is C=Cc1ccc(CC(NCC(=O)O)C(=O)O)cc1. The molecule has 1 aromatic rings. The zero-order chi connectivity index (χ0) is 13.5. The van der Waals surface area contributed by atoms with E-state index in [1.807, 2.05) is 12.1 Å². The van der Waals surface area contributed by atoms with E-state index >= 15 is 0 Å². The molecule has 0 aliphatic carbocycles. The molecule has 96 valence electrons. The fourth-order valence-corrected chi connectivity index (χ4v) is 1.48. The third kappa shape index (κ3) is 4.39. The van der Waals surface area contributed by atoms with E-state index in [1.165, 1.54) is 0 Å². The van der Waals surface area contributed by atoms with E-state index in [2.05, 4.69) is 11.9 Å². The van der Waals surface area contributed by atoms with Crippen LogP contribution >= 0.6 is 0 Å². The van der Waals surface area contributed by atoms with E-state index < -0.39 is 18.0 Å². The Bertz CT molecular complexity index is 439. The molecule has 0 radical (unpaired) electrons. The highest BCUT2D eigenvalue weighted by Crippen LogP contribution is 2.08. The van der Waals surface area contributed by atoms with Gasteiger partial charge in [-0.15, -0.1) is 0 Å². The summed E-state index contributed by atoms with van der Waals surface area (Å²) in [5.41, 5.74) is 1.77. The predicted molar refractivity (Wildman–Crippen MR) is 67.3 cm³/mol. The number of benzene rings is 1. The van der Waals surface area contributed by atoms with Gasteiger partial charge >= 0.3 is 11.9 Å². The van der Waals surface area contributed by atoms with Crippen LogP contribution in [0, 0.1) is 0 Å². The van der Waals surface area contributed by atoms with Crippen LogP contribution in [0.5, 0.6) is 0 Å². The molecule has 0 saturated carbocycles. The molecule has 0 amide bonds. The third-order valence-corrected chi connectivity index (χ3v) is 2.45. The van der Waals surface area contributed by atoms with Gasteiger partial charge in [-0.05, 0) is 17.5 Å². The minimum atomic E-state index is -1.08. The molecule has 5 heteroatoms. The van der Waals surface area contributed by atoms with Crippen LogP contribution in [0.4, 0.5) is 0 Å². The molecule has 0 spiro atoms. The highest BCUT2D eigenvalue weighted by atomic mass is 16.4. The van der Waals surface area contributed by atoms with Crippen LogP contribution in [0.15, 0.2) is 30.8 Å². The lowest BCUT2D eigenvalue weighted by Gasteiger charge is -2.13. The Morgan fingerprint density at radius 2 is 1.89 bits per heavy atom. The monoisotopic (exact) mass is 249 g/mol. The molecule has 0 saturated heterocycles.